The highest BCUT2D eigenvalue weighted by molar-refractivity contribution is 5.55. The van der Waals surface area contributed by atoms with Gasteiger partial charge >= 0.3 is 0 Å². The van der Waals surface area contributed by atoms with E-state index in [0.29, 0.717) is 5.56 Å². The highest BCUT2D eigenvalue weighted by Gasteiger charge is 2.36. The zero-order valence-electron chi connectivity index (χ0n) is 11.8. The van der Waals surface area contributed by atoms with Crippen LogP contribution in [0.4, 0.5) is 0 Å². The molecular formula is C16H12N2O5. The number of nitrogens with two attached hydrogens (primary N) is 1. The molecule has 0 fully saturated rings. The molecule has 0 radical (unpaired) electrons. The smallest absolute Gasteiger partial charge is 0.228 e. The molecule has 7 nitrogen and oxygen atoms in total. The van der Waals surface area contributed by atoms with Crippen LogP contribution in [0.25, 0.3) is 0 Å². The minimum atomic E-state index is -0.899. The van der Waals surface area contributed by atoms with Gasteiger partial charge in [-0.3, -0.25) is 4.79 Å². The Balaban J connectivity index is 2.34. The van der Waals surface area contributed by atoms with Gasteiger partial charge < -0.3 is 25.1 Å². The number of phenols is 1. The van der Waals surface area contributed by atoms with E-state index >= 15 is 0 Å². The molecule has 23 heavy (non-hydrogen) atoms. The van der Waals surface area contributed by atoms with Crippen LogP contribution in [0.2, 0.25) is 0 Å². The predicted molar refractivity (Wildman–Crippen MR) is 78.3 cm³/mol. The van der Waals surface area contributed by atoms with Gasteiger partial charge in [0.15, 0.2) is 5.76 Å². The van der Waals surface area contributed by atoms with E-state index in [-0.39, 0.29) is 34.5 Å². The first-order valence-corrected chi connectivity index (χ1v) is 6.70. The third kappa shape index (κ3) is 2.31. The van der Waals surface area contributed by atoms with Crippen molar-refractivity contribution in [3.63, 3.8) is 0 Å². The Morgan fingerprint density at radius 2 is 2.09 bits per heavy atom. The Labute approximate surface area is 130 Å². The molecule has 7 heteroatoms. The maximum atomic E-state index is 12.1. The van der Waals surface area contributed by atoms with Gasteiger partial charge in [0.1, 0.15) is 29.8 Å². The number of nitrogens with zero attached hydrogens (tertiary/aromatic N) is 1. The third-order valence-corrected chi connectivity index (χ3v) is 3.53. The molecule has 1 aromatic heterocycles. The summed E-state index contributed by atoms with van der Waals surface area (Å²) in [4.78, 5) is 12.1. The molecule has 2 aromatic rings. The number of hydrogen-bond acceptors (Lipinski definition) is 7. The summed E-state index contributed by atoms with van der Waals surface area (Å²) in [5.74, 6) is -1.32. The second kappa shape index (κ2) is 5.51. The van der Waals surface area contributed by atoms with Crippen molar-refractivity contribution in [2.45, 2.75) is 12.5 Å². The molecule has 1 aromatic carbocycles. The van der Waals surface area contributed by atoms with Crippen LogP contribution in [0.5, 0.6) is 11.5 Å². The van der Waals surface area contributed by atoms with Gasteiger partial charge in [-0.1, -0.05) is 18.2 Å². The molecule has 0 spiro atoms. The van der Waals surface area contributed by atoms with Crippen LogP contribution in [-0.2, 0) is 6.61 Å². The van der Waals surface area contributed by atoms with Crippen molar-refractivity contribution in [1.82, 2.24) is 0 Å². The molecule has 0 saturated heterocycles. The molecule has 116 valence electrons. The number of fused-ring (bicyclic) bond motifs is 1. The second-order valence-electron chi connectivity index (χ2n) is 4.91. The largest absolute Gasteiger partial charge is 0.508 e. The van der Waals surface area contributed by atoms with Crippen molar-refractivity contribution in [3.8, 4) is 17.6 Å². The Kier molecular flexibility index (Phi) is 3.52. The van der Waals surface area contributed by atoms with Crippen molar-refractivity contribution in [2.75, 3.05) is 0 Å². The zero-order valence-corrected chi connectivity index (χ0v) is 11.8. The van der Waals surface area contributed by atoms with Crippen molar-refractivity contribution < 1.29 is 19.4 Å². The summed E-state index contributed by atoms with van der Waals surface area (Å²) in [6.07, 6.45) is 0. The van der Waals surface area contributed by atoms with Gasteiger partial charge in [0.25, 0.3) is 0 Å². The van der Waals surface area contributed by atoms with Crippen LogP contribution in [0.1, 0.15) is 23.0 Å². The minimum Gasteiger partial charge on any atom is -0.508 e. The van der Waals surface area contributed by atoms with E-state index in [1.54, 1.807) is 18.2 Å². The number of aliphatic hydroxyl groups is 1. The summed E-state index contributed by atoms with van der Waals surface area (Å²) in [6, 6.07) is 9.34. The average Bonchev–Trinajstić information content (AvgIpc) is 2.55. The van der Waals surface area contributed by atoms with Gasteiger partial charge in [-0.15, -0.1) is 0 Å². The first-order chi connectivity index (χ1) is 11.1. The lowest BCUT2D eigenvalue weighted by molar-refractivity contribution is 0.231. The average molecular weight is 312 g/mol. The number of allylic oxidation sites excluding steroid dienone is 1. The predicted octanol–water partition coefficient (Wildman–Crippen LogP) is 1.06. The molecule has 1 unspecified atom stereocenters. The second-order valence-corrected chi connectivity index (χ2v) is 4.91. The molecule has 1 aliphatic rings. The molecule has 4 N–H and O–H groups in total. The summed E-state index contributed by atoms with van der Waals surface area (Å²) in [6.45, 7) is -0.489. The first kappa shape index (κ1) is 14.7. The van der Waals surface area contributed by atoms with Gasteiger partial charge in [-0.2, -0.15) is 5.26 Å². The fraction of sp³-hybridized carbons (Fsp3) is 0.125. The molecule has 0 saturated carbocycles. The Hall–Kier alpha value is -3.24. The fourth-order valence-corrected chi connectivity index (χ4v) is 2.51. The number of benzene rings is 1. The summed E-state index contributed by atoms with van der Waals surface area (Å²) < 4.78 is 10.7. The number of hydrogen-bond donors (Lipinski definition) is 3. The number of ether oxygens (including phenoxy) is 1. The molecule has 3 rings (SSSR count). The number of aliphatic hydroxyl groups excluding tert-OH is 1. The Bertz CT molecular complexity index is 907. The standard InChI is InChI=1S/C16H12N2O5/c17-6-10-13(9-3-1-2-4-11(9)20)15-14(23-16(10)18)12(21)5-8(7-19)22-15/h1-5,13,19-20H,7,18H2. The van der Waals surface area contributed by atoms with E-state index in [0.717, 1.165) is 6.07 Å². The Morgan fingerprint density at radius 1 is 1.35 bits per heavy atom. The number of phenolic OH excluding ortho intramolecular Hbond substituents is 1. The van der Waals surface area contributed by atoms with Gasteiger partial charge in [0, 0.05) is 11.6 Å². The number of aromatic hydroxyl groups is 1. The number of rotatable bonds is 2. The number of nitriles is 1. The zero-order chi connectivity index (χ0) is 16.6. The minimum absolute atomic E-state index is 0.0113. The monoisotopic (exact) mass is 312 g/mol. The van der Waals surface area contributed by atoms with Crippen molar-refractivity contribution in [3.05, 3.63) is 69.1 Å². The maximum absolute atomic E-state index is 12.1. The summed E-state index contributed by atoms with van der Waals surface area (Å²) in [5, 5.41) is 28.7. The van der Waals surface area contributed by atoms with Gasteiger partial charge in [-0.25, -0.2) is 0 Å². The van der Waals surface area contributed by atoms with Gasteiger partial charge in [0.05, 0.1) is 5.92 Å². The molecular weight excluding hydrogens is 300 g/mol. The van der Waals surface area contributed by atoms with Crippen LogP contribution >= 0.6 is 0 Å². The van der Waals surface area contributed by atoms with E-state index in [9.17, 15) is 20.3 Å². The molecule has 0 aliphatic carbocycles. The lowest BCUT2D eigenvalue weighted by atomic mass is 9.87. The highest BCUT2D eigenvalue weighted by Crippen LogP contribution is 2.43. The van der Waals surface area contributed by atoms with Crippen molar-refractivity contribution in [1.29, 1.82) is 5.26 Å². The normalized spacial score (nSPS) is 16.4. The van der Waals surface area contributed by atoms with Crippen LogP contribution in [0.3, 0.4) is 0 Å². The Morgan fingerprint density at radius 3 is 2.74 bits per heavy atom. The first-order valence-electron chi connectivity index (χ1n) is 6.70. The van der Waals surface area contributed by atoms with Crippen LogP contribution < -0.4 is 15.9 Å². The van der Waals surface area contributed by atoms with E-state index in [1.807, 2.05) is 6.07 Å². The van der Waals surface area contributed by atoms with Crippen molar-refractivity contribution in [2.24, 2.45) is 5.73 Å². The SMILES string of the molecule is N#CC1=C(N)Oc2c(oc(CO)cc2=O)C1c1ccccc1O. The molecule has 2 heterocycles. The van der Waals surface area contributed by atoms with Crippen LogP contribution in [0.15, 0.2) is 51.0 Å². The molecule has 0 bridgehead atoms. The molecule has 1 atom stereocenters. The van der Waals surface area contributed by atoms with E-state index in [2.05, 4.69) is 0 Å². The van der Waals surface area contributed by atoms with E-state index in [1.165, 1.54) is 6.07 Å². The third-order valence-electron chi connectivity index (χ3n) is 3.53. The van der Waals surface area contributed by atoms with Crippen LogP contribution in [-0.4, -0.2) is 10.2 Å². The molecule has 1 aliphatic heterocycles. The summed E-state index contributed by atoms with van der Waals surface area (Å²) >= 11 is 0. The fourth-order valence-electron chi connectivity index (χ4n) is 2.51. The summed E-state index contributed by atoms with van der Waals surface area (Å²) in [5.41, 5.74) is 5.57. The van der Waals surface area contributed by atoms with Gasteiger partial charge in [-0.05, 0) is 6.07 Å². The lowest BCUT2D eigenvalue weighted by Gasteiger charge is -2.25. The lowest BCUT2D eigenvalue weighted by Crippen LogP contribution is -2.25. The van der Waals surface area contributed by atoms with Crippen molar-refractivity contribution >= 4 is 0 Å². The topological polar surface area (TPSA) is 130 Å². The quantitative estimate of drug-likeness (QED) is 0.755. The van der Waals surface area contributed by atoms with E-state index in [4.69, 9.17) is 14.9 Å². The molecule has 0 amide bonds. The maximum Gasteiger partial charge on any atom is 0.228 e. The van der Waals surface area contributed by atoms with E-state index < -0.39 is 18.0 Å². The van der Waals surface area contributed by atoms with Crippen LogP contribution in [0, 0.1) is 11.3 Å². The number of para-hydroxylation sites is 1. The highest BCUT2D eigenvalue weighted by atomic mass is 16.5. The summed E-state index contributed by atoms with van der Waals surface area (Å²) in [7, 11) is 0. The van der Waals surface area contributed by atoms with Gasteiger partial charge in [0.2, 0.25) is 17.1 Å².